The standard InChI is InChI=1S/C20H30N4O3.ClH/c1-14(2)18(21)19(26)22-13-17(25)23-16(12-15-8-4-3-5-9-15)20(27)24-10-6-7-11-24;/h3-5,8-9,14,16,18H,6-7,10-13,21H2,1-2H3,(H,22,26)(H,23,25);1H/t16?,18-;/m0./s1. The average molecular weight is 411 g/mol. The average Bonchev–Trinajstić information content (AvgIpc) is 3.19. The maximum Gasteiger partial charge on any atom is 0.245 e. The van der Waals surface area contributed by atoms with Gasteiger partial charge in [-0.1, -0.05) is 44.2 Å². The summed E-state index contributed by atoms with van der Waals surface area (Å²) in [6.45, 7) is 4.93. The van der Waals surface area contributed by atoms with Gasteiger partial charge in [0.05, 0.1) is 12.6 Å². The Morgan fingerprint density at radius 2 is 1.71 bits per heavy atom. The number of amides is 3. The van der Waals surface area contributed by atoms with E-state index in [2.05, 4.69) is 10.6 Å². The molecule has 0 saturated carbocycles. The van der Waals surface area contributed by atoms with Crippen molar-refractivity contribution in [1.29, 1.82) is 0 Å². The number of hydrogen-bond acceptors (Lipinski definition) is 4. The fraction of sp³-hybridized carbons (Fsp3) is 0.550. The zero-order valence-corrected chi connectivity index (χ0v) is 17.3. The van der Waals surface area contributed by atoms with Crippen LogP contribution in [0, 0.1) is 5.92 Å². The van der Waals surface area contributed by atoms with E-state index in [1.165, 1.54) is 0 Å². The predicted octanol–water partition coefficient (Wildman–Crippen LogP) is 0.858. The van der Waals surface area contributed by atoms with E-state index < -0.39 is 18.0 Å². The Balaban J connectivity index is 0.00000392. The van der Waals surface area contributed by atoms with E-state index in [-0.39, 0.29) is 36.7 Å². The number of nitrogens with zero attached hydrogens (tertiary/aromatic N) is 1. The Hall–Kier alpha value is -2.12. The maximum atomic E-state index is 12.8. The van der Waals surface area contributed by atoms with Gasteiger partial charge in [0.1, 0.15) is 6.04 Å². The molecule has 0 radical (unpaired) electrons. The minimum absolute atomic E-state index is 0. The molecule has 0 aliphatic carbocycles. The fourth-order valence-electron chi connectivity index (χ4n) is 3.04. The number of nitrogens with two attached hydrogens (primary N) is 1. The molecule has 1 saturated heterocycles. The summed E-state index contributed by atoms with van der Waals surface area (Å²) in [5.41, 5.74) is 6.75. The van der Waals surface area contributed by atoms with Gasteiger partial charge in [-0.05, 0) is 24.3 Å². The third-order valence-electron chi connectivity index (χ3n) is 4.78. The number of rotatable bonds is 8. The monoisotopic (exact) mass is 410 g/mol. The number of benzene rings is 1. The summed E-state index contributed by atoms with van der Waals surface area (Å²) < 4.78 is 0. The molecular weight excluding hydrogens is 380 g/mol. The van der Waals surface area contributed by atoms with Gasteiger partial charge in [-0.15, -0.1) is 12.4 Å². The molecule has 0 aromatic heterocycles. The second kappa shape index (κ2) is 11.7. The zero-order chi connectivity index (χ0) is 19.8. The molecule has 3 amide bonds. The molecule has 2 rings (SSSR count). The van der Waals surface area contributed by atoms with Crippen LogP contribution in [0.2, 0.25) is 0 Å². The largest absolute Gasteiger partial charge is 0.346 e. The fourth-order valence-corrected chi connectivity index (χ4v) is 3.04. The van der Waals surface area contributed by atoms with E-state index in [1.54, 1.807) is 4.90 Å². The van der Waals surface area contributed by atoms with Crippen molar-refractivity contribution in [2.75, 3.05) is 19.6 Å². The van der Waals surface area contributed by atoms with E-state index in [4.69, 9.17) is 5.73 Å². The van der Waals surface area contributed by atoms with E-state index in [0.717, 1.165) is 31.5 Å². The first-order valence-electron chi connectivity index (χ1n) is 9.54. The molecule has 156 valence electrons. The molecule has 2 atom stereocenters. The Bertz CT molecular complexity index is 648. The van der Waals surface area contributed by atoms with E-state index in [9.17, 15) is 14.4 Å². The van der Waals surface area contributed by atoms with Gasteiger partial charge in [-0.3, -0.25) is 14.4 Å². The molecule has 0 bridgehead atoms. The van der Waals surface area contributed by atoms with Crippen LogP contribution in [0.1, 0.15) is 32.3 Å². The minimum Gasteiger partial charge on any atom is -0.346 e. The highest BCUT2D eigenvalue weighted by Gasteiger charge is 2.28. The molecule has 1 aromatic carbocycles. The van der Waals surface area contributed by atoms with Crippen molar-refractivity contribution < 1.29 is 14.4 Å². The quantitative estimate of drug-likeness (QED) is 0.591. The molecular formula is C20H31ClN4O3. The molecule has 1 fully saturated rings. The molecule has 1 unspecified atom stereocenters. The van der Waals surface area contributed by atoms with Crippen LogP contribution in [0.3, 0.4) is 0 Å². The smallest absolute Gasteiger partial charge is 0.245 e. The van der Waals surface area contributed by atoms with Crippen molar-refractivity contribution in [2.45, 2.75) is 45.2 Å². The van der Waals surface area contributed by atoms with E-state index in [1.807, 2.05) is 44.2 Å². The summed E-state index contributed by atoms with van der Waals surface area (Å²) >= 11 is 0. The van der Waals surface area contributed by atoms with Crippen LogP contribution in [0.15, 0.2) is 30.3 Å². The third-order valence-corrected chi connectivity index (χ3v) is 4.78. The van der Waals surface area contributed by atoms with Crippen molar-refractivity contribution in [2.24, 2.45) is 11.7 Å². The number of hydrogen-bond donors (Lipinski definition) is 3. The molecule has 1 aliphatic rings. The number of likely N-dealkylation sites (tertiary alicyclic amines) is 1. The van der Waals surface area contributed by atoms with Crippen LogP contribution < -0.4 is 16.4 Å². The second-order valence-corrected chi connectivity index (χ2v) is 7.33. The summed E-state index contributed by atoms with van der Waals surface area (Å²) in [5, 5.41) is 5.32. The lowest BCUT2D eigenvalue weighted by Crippen LogP contribution is -2.52. The molecule has 0 spiro atoms. The van der Waals surface area contributed by atoms with Crippen LogP contribution in [0.5, 0.6) is 0 Å². The Kier molecular flexibility index (Phi) is 9.96. The highest BCUT2D eigenvalue weighted by atomic mass is 35.5. The summed E-state index contributed by atoms with van der Waals surface area (Å²) in [6.07, 6.45) is 2.39. The molecule has 28 heavy (non-hydrogen) atoms. The third kappa shape index (κ3) is 7.13. The van der Waals surface area contributed by atoms with Crippen molar-refractivity contribution in [3.05, 3.63) is 35.9 Å². The molecule has 1 aromatic rings. The molecule has 1 aliphatic heterocycles. The molecule has 4 N–H and O–H groups in total. The lowest BCUT2D eigenvalue weighted by Gasteiger charge is -2.24. The number of halogens is 1. The first-order valence-corrected chi connectivity index (χ1v) is 9.54. The molecule has 7 nitrogen and oxygen atoms in total. The Morgan fingerprint density at radius 3 is 2.29 bits per heavy atom. The van der Waals surface area contributed by atoms with Gasteiger partial charge < -0.3 is 21.3 Å². The van der Waals surface area contributed by atoms with Gasteiger partial charge >= 0.3 is 0 Å². The van der Waals surface area contributed by atoms with Gasteiger partial charge in [0.15, 0.2) is 0 Å². The Labute approximate surface area is 172 Å². The first-order chi connectivity index (χ1) is 12.9. The first kappa shape index (κ1) is 23.9. The molecule has 8 heteroatoms. The van der Waals surface area contributed by atoms with E-state index in [0.29, 0.717) is 6.42 Å². The van der Waals surface area contributed by atoms with Crippen LogP contribution in [-0.4, -0.2) is 54.3 Å². The van der Waals surface area contributed by atoms with Crippen molar-refractivity contribution >= 4 is 30.1 Å². The minimum atomic E-state index is -0.663. The number of carbonyl (C=O) groups is 3. The highest BCUT2D eigenvalue weighted by molar-refractivity contribution is 5.91. The van der Waals surface area contributed by atoms with Gasteiger partial charge in [-0.25, -0.2) is 0 Å². The van der Waals surface area contributed by atoms with Crippen LogP contribution in [0.4, 0.5) is 0 Å². The summed E-state index contributed by atoms with van der Waals surface area (Å²) in [4.78, 5) is 38.9. The van der Waals surface area contributed by atoms with Crippen LogP contribution >= 0.6 is 12.4 Å². The predicted molar refractivity (Wildman–Crippen MR) is 111 cm³/mol. The normalized spacial score (nSPS) is 15.5. The van der Waals surface area contributed by atoms with Gasteiger partial charge in [0.25, 0.3) is 0 Å². The van der Waals surface area contributed by atoms with E-state index >= 15 is 0 Å². The van der Waals surface area contributed by atoms with Gasteiger partial charge in [0, 0.05) is 19.5 Å². The summed E-state index contributed by atoms with van der Waals surface area (Å²) in [5.74, 6) is -0.857. The molecule has 1 heterocycles. The lowest BCUT2D eigenvalue weighted by atomic mass is 10.0. The summed E-state index contributed by atoms with van der Waals surface area (Å²) in [7, 11) is 0. The van der Waals surface area contributed by atoms with Crippen molar-refractivity contribution in [3.63, 3.8) is 0 Å². The number of nitrogens with one attached hydrogen (secondary N) is 2. The zero-order valence-electron chi connectivity index (χ0n) is 16.5. The van der Waals surface area contributed by atoms with Gasteiger partial charge in [0.2, 0.25) is 17.7 Å². The number of carbonyl (C=O) groups excluding carboxylic acids is 3. The maximum absolute atomic E-state index is 12.8. The van der Waals surface area contributed by atoms with Crippen LogP contribution in [-0.2, 0) is 20.8 Å². The summed E-state index contributed by atoms with van der Waals surface area (Å²) in [6, 6.07) is 8.27. The SMILES string of the molecule is CC(C)[C@H](N)C(=O)NCC(=O)NC(Cc1ccccc1)C(=O)N1CCCC1.Cl. The Morgan fingerprint density at radius 1 is 1.11 bits per heavy atom. The van der Waals surface area contributed by atoms with Crippen molar-refractivity contribution in [3.8, 4) is 0 Å². The highest BCUT2D eigenvalue weighted by Crippen LogP contribution is 2.12. The van der Waals surface area contributed by atoms with Gasteiger partial charge in [-0.2, -0.15) is 0 Å². The lowest BCUT2D eigenvalue weighted by molar-refractivity contribution is -0.135. The topological polar surface area (TPSA) is 105 Å². The van der Waals surface area contributed by atoms with Crippen LogP contribution in [0.25, 0.3) is 0 Å². The van der Waals surface area contributed by atoms with Crippen molar-refractivity contribution in [1.82, 2.24) is 15.5 Å². The second-order valence-electron chi connectivity index (χ2n) is 7.33.